The molecule has 0 saturated carbocycles. The van der Waals surface area contributed by atoms with Crippen molar-refractivity contribution >= 4 is 22.2 Å². The van der Waals surface area contributed by atoms with Crippen molar-refractivity contribution in [3.05, 3.63) is 87.8 Å². The van der Waals surface area contributed by atoms with Crippen LogP contribution in [0.15, 0.2) is 53.9 Å². The number of alkyl halides is 3. The number of nitrogens with one attached hydrogen (secondary N) is 1. The summed E-state index contributed by atoms with van der Waals surface area (Å²) >= 11 is 1.34. The van der Waals surface area contributed by atoms with Gasteiger partial charge in [-0.1, -0.05) is 6.07 Å². The molecule has 3 rings (SSSR count). The number of nitrogens with zero attached hydrogens (tertiary/aromatic N) is 1. The van der Waals surface area contributed by atoms with Crippen molar-refractivity contribution in [2.45, 2.75) is 6.18 Å². The van der Waals surface area contributed by atoms with Gasteiger partial charge < -0.3 is 27.6 Å². The largest absolute Gasteiger partial charge is 0.416 e. The van der Waals surface area contributed by atoms with Crippen LogP contribution in [0.5, 0.6) is 0 Å². The minimum atomic E-state index is -4.36. The molecule has 146 valence electrons. The maximum absolute atomic E-state index is 12.7. The second kappa shape index (κ2) is 11.0. The topological polar surface area (TPSA) is 24.9 Å². The molecule has 1 heterocycles. The third kappa shape index (κ3) is 6.47. The maximum atomic E-state index is 12.7. The van der Waals surface area contributed by atoms with Crippen LogP contribution >= 0.6 is 11.3 Å². The van der Waals surface area contributed by atoms with Crippen LogP contribution in [-0.2, 0) is 22.7 Å². The molecule has 1 N–H and O–H groups in total. The Morgan fingerprint density at radius 2 is 1.77 bits per heavy atom. The van der Waals surface area contributed by atoms with E-state index in [0.29, 0.717) is 10.8 Å². The third-order valence-corrected chi connectivity index (χ3v) is 3.71. The number of thiazole rings is 1. The van der Waals surface area contributed by atoms with Crippen LogP contribution in [0.2, 0.25) is 0 Å². The van der Waals surface area contributed by atoms with Gasteiger partial charge in [0.25, 0.3) is 0 Å². The Labute approximate surface area is 167 Å². The minimum absolute atomic E-state index is 0. The van der Waals surface area contributed by atoms with Crippen molar-refractivity contribution in [1.82, 2.24) is 4.98 Å². The molecule has 0 radical (unpaired) electrons. The zero-order valence-corrected chi connectivity index (χ0v) is 16.3. The van der Waals surface area contributed by atoms with Crippen molar-refractivity contribution < 1.29 is 29.7 Å². The van der Waals surface area contributed by atoms with Gasteiger partial charge in [0.15, 0.2) is 5.13 Å². The number of rotatable bonds is 3. The minimum Gasteiger partial charge on any atom is -0.358 e. The van der Waals surface area contributed by atoms with Crippen LogP contribution in [-0.4, -0.2) is 4.98 Å². The molecular formula is C19H19F3N2NiS-4. The van der Waals surface area contributed by atoms with Gasteiger partial charge in [0.05, 0.1) is 5.56 Å². The van der Waals surface area contributed by atoms with E-state index in [1.165, 1.54) is 17.4 Å². The molecule has 0 saturated heterocycles. The molecule has 0 aliphatic heterocycles. The number of anilines is 2. The van der Waals surface area contributed by atoms with E-state index in [2.05, 4.69) is 16.4 Å². The van der Waals surface area contributed by atoms with Gasteiger partial charge in [0.1, 0.15) is 0 Å². The van der Waals surface area contributed by atoms with Crippen molar-refractivity contribution in [1.29, 1.82) is 0 Å². The van der Waals surface area contributed by atoms with E-state index in [4.69, 9.17) is 0 Å². The van der Waals surface area contributed by atoms with E-state index < -0.39 is 11.7 Å². The molecule has 0 unspecified atom stereocenters. The molecule has 3 aromatic rings. The summed E-state index contributed by atoms with van der Waals surface area (Å²) in [5.41, 5.74) is 1.34. The predicted molar refractivity (Wildman–Crippen MR) is 100 cm³/mol. The predicted octanol–water partition coefficient (Wildman–Crippen LogP) is 6.72. The van der Waals surface area contributed by atoms with Gasteiger partial charge in [-0.3, -0.25) is 0 Å². The van der Waals surface area contributed by atoms with E-state index in [9.17, 15) is 13.2 Å². The van der Waals surface area contributed by atoms with Gasteiger partial charge in [0, 0.05) is 33.3 Å². The van der Waals surface area contributed by atoms with Crippen molar-refractivity contribution in [3.8, 4) is 11.3 Å². The average molecular weight is 423 g/mol. The van der Waals surface area contributed by atoms with Gasteiger partial charge in [0.2, 0.25) is 0 Å². The molecule has 1 aromatic heterocycles. The second-order valence-corrected chi connectivity index (χ2v) is 5.39. The fourth-order valence-electron chi connectivity index (χ4n) is 1.91. The third-order valence-electron chi connectivity index (χ3n) is 2.95. The van der Waals surface area contributed by atoms with E-state index in [-0.39, 0.29) is 38.8 Å². The van der Waals surface area contributed by atoms with Gasteiger partial charge in [-0.05, 0) is 18.2 Å². The summed E-state index contributed by atoms with van der Waals surface area (Å²) in [6.07, 6.45) is -4.36. The second-order valence-electron chi connectivity index (χ2n) is 4.53. The molecule has 0 aliphatic rings. The molecule has 7 heteroatoms. The zero-order valence-electron chi connectivity index (χ0n) is 14.5. The fraction of sp³-hybridized carbons (Fsp3) is 0.0526. The summed E-state index contributed by atoms with van der Waals surface area (Å²) in [5, 5.41) is 5.29. The quantitative estimate of drug-likeness (QED) is 0.374. The first-order chi connectivity index (χ1) is 10.5. The van der Waals surface area contributed by atoms with Crippen LogP contribution in [0.1, 0.15) is 5.56 Å². The maximum Gasteiger partial charge on any atom is 0.416 e. The van der Waals surface area contributed by atoms with Crippen molar-refractivity contribution in [2.75, 3.05) is 5.32 Å². The Morgan fingerprint density at radius 3 is 2.38 bits per heavy atom. The van der Waals surface area contributed by atoms with Crippen molar-refractivity contribution in [3.63, 3.8) is 0 Å². The van der Waals surface area contributed by atoms with Gasteiger partial charge in [-0.2, -0.15) is 43.5 Å². The van der Waals surface area contributed by atoms with E-state index in [1.54, 1.807) is 12.1 Å². The Balaban J connectivity index is 0. The summed E-state index contributed by atoms with van der Waals surface area (Å²) in [7, 11) is 0. The zero-order chi connectivity index (χ0) is 15.6. The summed E-state index contributed by atoms with van der Waals surface area (Å²) < 4.78 is 38.1. The van der Waals surface area contributed by atoms with Crippen LogP contribution in [0.3, 0.4) is 0 Å². The first-order valence-electron chi connectivity index (χ1n) is 6.39. The molecule has 0 spiro atoms. The molecule has 2 nitrogen and oxygen atoms in total. The SMILES string of the molecule is FC(F)(F)c1cccc(Nc2nc(-c3c[c-]ccc3)cs2)c1.[CH3-].[CH3-].[CH3-].[Ni]. The monoisotopic (exact) mass is 422 g/mol. The fourth-order valence-corrected chi connectivity index (χ4v) is 2.65. The first-order valence-corrected chi connectivity index (χ1v) is 7.27. The summed E-state index contributed by atoms with van der Waals surface area (Å²) in [6.45, 7) is 0. The molecule has 0 atom stereocenters. The van der Waals surface area contributed by atoms with Gasteiger partial charge in [-0.25, -0.2) is 4.98 Å². The Hall–Kier alpha value is -1.85. The molecule has 2 aromatic carbocycles. The van der Waals surface area contributed by atoms with Gasteiger partial charge >= 0.3 is 6.18 Å². The molecular weight excluding hydrogens is 404 g/mol. The number of aromatic nitrogens is 1. The number of hydrogen-bond donors (Lipinski definition) is 1. The van der Waals surface area contributed by atoms with Crippen LogP contribution in [0.25, 0.3) is 11.3 Å². The summed E-state index contributed by atoms with van der Waals surface area (Å²) in [6, 6.07) is 15.4. The number of hydrogen-bond acceptors (Lipinski definition) is 3. The van der Waals surface area contributed by atoms with Crippen LogP contribution in [0, 0.1) is 28.3 Å². The summed E-state index contributed by atoms with van der Waals surface area (Å²) in [5.74, 6) is 0. The van der Waals surface area contributed by atoms with Crippen LogP contribution in [0.4, 0.5) is 24.0 Å². The van der Waals surface area contributed by atoms with E-state index >= 15 is 0 Å². The molecule has 0 bridgehead atoms. The Kier molecular flexibility index (Phi) is 11.2. The smallest absolute Gasteiger partial charge is 0.358 e. The Morgan fingerprint density at radius 1 is 1.04 bits per heavy atom. The summed E-state index contributed by atoms with van der Waals surface area (Å²) in [4.78, 5) is 4.37. The van der Waals surface area contributed by atoms with E-state index in [1.807, 2.05) is 23.6 Å². The molecule has 26 heavy (non-hydrogen) atoms. The normalized spacial score (nSPS) is 9.65. The van der Waals surface area contributed by atoms with Gasteiger partial charge in [-0.15, -0.1) is 16.9 Å². The first kappa shape index (κ1) is 26.4. The number of halogens is 3. The molecule has 0 aliphatic carbocycles. The molecule has 0 fully saturated rings. The number of benzene rings is 2. The van der Waals surface area contributed by atoms with Crippen LogP contribution < -0.4 is 5.32 Å². The molecule has 0 amide bonds. The van der Waals surface area contributed by atoms with Crippen molar-refractivity contribution in [2.24, 2.45) is 0 Å². The average Bonchev–Trinajstić information content (AvgIpc) is 2.96. The standard InChI is InChI=1S/C16H10F3N2S.3CH3.Ni/c17-16(18,19)12-7-4-8-13(9-12)20-15-21-14(10-22-15)11-5-2-1-3-6-11;;;;/h1-2,4-10H,(H,20,21);3*1H3;/q4*-1;. The Bertz CT molecular complexity index is 774. The van der Waals surface area contributed by atoms with E-state index in [0.717, 1.165) is 23.4 Å².